The first-order chi connectivity index (χ1) is 13.1. The summed E-state index contributed by atoms with van der Waals surface area (Å²) >= 11 is 5.93. The second-order valence-corrected chi connectivity index (χ2v) is 7.89. The maximum Gasteiger partial charge on any atom is 0.226 e. The summed E-state index contributed by atoms with van der Waals surface area (Å²) in [5.41, 5.74) is 2.47. The molecule has 3 rings (SSSR count). The van der Waals surface area contributed by atoms with Crippen LogP contribution in [0.15, 0.2) is 61.2 Å². The monoisotopic (exact) mass is 384 g/mol. The van der Waals surface area contributed by atoms with E-state index in [1.165, 1.54) is 5.56 Å². The van der Waals surface area contributed by atoms with Gasteiger partial charge in [0, 0.05) is 37.1 Å². The van der Waals surface area contributed by atoms with E-state index < -0.39 is 0 Å². The Bertz CT molecular complexity index is 702. The lowest BCUT2D eigenvalue weighted by molar-refractivity contribution is -0.134. The Kier molecular flexibility index (Phi) is 6.92. The molecule has 0 spiro atoms. The van der Waals surface area contributed by atoms with Crippen LogP contribution in [0.3, 0.4) is 0 Å². The number of hydrogen-bond acceptors (Lipinski definition) is 2. The van der Waals surface area contributed by atoms with Gasteiger partial charge in [0.2, 0.25) is 5.91 Å². The van der Waals surface area contributed by atoms with Gasteiger partial charge < -0.3 is 4.90 Å². The fraction of sp³-hybridized carbons (Fsp3) is 0.435. The average molecular weight is 385 g/mol. The summed E-state index contributed by atoms with van der Waals surface area (Å²) in [6, 6.07) is 8.11. The minimum atomic E-state index is 0.144. The Morgan fingerprint density at radius 3 is 2.44 bits per heavy atom. The minimum absolute atomic E-state index is 0.144. The Morgan fingerprint density at radius 2 is 1.81 bits per heavy atom. The van der Waals surface area contributed by atoms with Crippen LogP contribution >= 0.6 is 11.6 Å². The number of halogens is 1. The molecule has 1 aliphatic heterocycles. The Hall–Kier alpha value is -1.84. The van der Waals surface area contributed by atoms with Crippen molar-refractivity contribution >= 4 is 17.5 Å². The standard InChI is InChI=1S/C23H29ClN2O/c1-3-6-19(4-2)21-17-22(21)23(27)26-15-13-25(14-16-26)12-5-7-18-8-10-20(24)11-9-18/h3-4,6,8-11,21-22H,1-2,5,7,12-17H2/b19-6+/t21-,22+/m0/s1. The highest BCUT2D eigenvalue weighted by Gasteiger charge is 2.46. The molecule has 1 saturated carbocycles. The van der Waals surface area contributed by atoms with Crippen LogP contribution in [-0.4, -0.2) is 48.4 Å². The summed E-state index contributed by atoms with van der Waals surface area (Å²) in [7, 11) is 0. The summed E-state index contributed by atoms with van der Waals surface area (Å²) in [5.74, 6) is 0.800. The van der Waals surface area contributed by atoms with Gasteiger partial charge in [-0.1, -0.05) is 55.1 Å². The molecule has 0 N–H and O–H groups in total. The summed E-state index contributed by atoms with van der Waals surface area (Å²) in [6.45, 7) is 12.3. The lowest BCUT2D eigenvalue weighted by atomic mass is 10.1. The van der Waals surface area contributed by atoms with E-state index in [-0.39, 0.29) is 5.92 Å². The van der Waals surface area contributed by atoms with Gasteiger partial charge in [-0.25, -0.2) is 0 Å². The molecule has 1 aliphatic carbocycles. The van der Waals surface area contributed by atoms with E-state index in [4.69, 9.17) is 11.6 Å². The van der Waals surface area contributed by atoms with E-state index in [9.17, 15) is 4.79 Å². The predicted molar refractivity (Wildman–Crippen MR) is 113 cm³/mol. The van der Waals surface area contributed by atoms with Crippen molar-refractivity contribution in [1.29, 1.82) is 0 Å². The van der Waals surface area contributed by atoms with Gasteiger partial charge >= 0.3 is 0 Å². The molecule has 1 aromatic carbocycles. The normalized spacial score (nSPS) is 23.1. The highest BCUT2D eigenvalue weighted by molar-refractivity contribution is 6.30. The summed E-state index contributed by atoms with van der Waals surface area (Å²) in [4.78, 5) is 17.3. The predicted octanol–water partition coefficient (Wildman–Crippen LogP) is 4.35. The third-order valence-electron chi connectivity index (χ3n) is 5.62. The number of piperazine rings is 1. The van der Waals surface area contributed by atoms with E-state index in [0.29, 0.717) is 11.8 Å². The largest absolute Gasteiger partial charge is 0.340 e. The van der Waals surface area contributed by atoms with Crippen molar-refractivity contribution in [2.24, 2.45) is 11.8 Å². The van der Waals surface area contributed by atoms with Crippen LogP contribution in [0.4, 0.5) is 0 Å². The van der Waals surface area contributed by atoms with Gasteiger partial charge in [0.1, 0.15) is 0 Å². The smallest absolute Gasteiger partial charge is 0.226 e. The van der Waals surface area contributed by atoms with Crippen molar-refractivity contribution in [3.63, 3.8) is 0 Å². The number of aryl methyl sites for hydroxylation is 1. The zero-order chi connectivity index (χ0) is 19.2. The van der Waals surface area contributed by atoms with Crippen molar-refractivity contribution in [3.05, 3.63) is 71.8 Å². The van der Waals surface area contributed by atoms with Gasteiger partial charge in [0.15, 0.2) is 0 Å². The number of rotatable bonds is 8. The fourth-order valence-corrected chi connectivity index (χ4v) is 4.03. The maximum atomic E-state index is 12.7. The molecule has 1 saturated heterocycles. The molecule has 144 valence electrons. The lowest BCUT2D eigenvalue weighted by Crippen LogP contribution is -2.49. The van der Waals surface area contributed by atoms with Crippen LogP contribution < -0.4 is 0 Å². The highest BCUT2D eigenvalue weighted by Crippen LogP contribution is 2.45. The molecule has 2 atom stereocenters. The van der Waals surface area contributed by atoms with E-state index in [1.807, 2.05) is 24.3 Å². The van der Waals surface area contributed by atoms with Gasteiger partial charge in [0.05, 0.1) is 0 Å². The molecular weight excluding hydrogens is 356 g/mol. The van der Waals surface area contributed by atoms with Gasteiger partial charge in [-0.2, -0.15) is 0 Å². The summed E-state index contributed by atoms with van der Waals surface area (Å²) in [5, 5.41) is 0.789. The third kappa shape index (κ3) is 5.33. The Morgan fingerprint density at radius 1 is 1.11 bits per heavy atom. The molecular formula is C23H29ClN2O. The summed E-state index contributed by atoms with van der Waals surface area (Å²) < 4.78 is 0. The number of carbonyl (C=O) groups excluding carboxylic acids is 1. The molecule has 4 heteroatoms. The molecule has 0 radical (unpaired) electrons. The van der Waals surface area contributed by atoms with Gasteiger partial charge in [-0.05, 0) is 55.0 Å². The average Bonchev–Trinajstić information content (AvgIpc) is 3.48. The number of benzene rings is 1. The number of nitrogens with zero attached hydrogens (tertiary/aromatic N) is 2. The van der Waals surface area contributed by atoms with Crippen LogP contribution in [0.2, 0.25) is 5.02 Å². The van der Waals surface area contributed by atoms with Crippen LogP contribution in [0.25, 0.3) is 0 Å². The number of allylic oxidation sites excluding steroid dienone is 4. The maximum absolute atomic E-state index is 12.7. The first-order valence-corrected chi connectivity index (χ1v) is 10.2. The highest BCUT2D eigenvalue weighted by atomic mass is 35.5. The van der Waals surface area contributed by atoms with E-state index >= 15 is 0 Å². The molecule has 0 bridgehead atoms. The zero-order valence-electron chi connectivity index (χ0n) is 15.9. The molecule has 2 aliphatic rings. The molecule has 2 fully saturated rings. The van der Waals surface area contributed by atoms with Crippen LogP contribution in [-0.2, 0) is 11.2 Å². The number of hydrogen-bond donors (Lipinski definition) is 0. The Balaban J connectivity index is 1.38. The van der Waals surface area contributed by atoms with Crippen molar-refractivity contribution in [3.8, 4) is 0 Å². The van der Waals surface area contributed by atoms with Crippen molar-refractivity contribution < 1.29 is 4.79 Å². The fourth-order valence-electron chi connectivity index (χ4n) is 3.90. The van der Waals surface area contributed by atoms with Crippen molar-refractivity contribution in [1.82, 2.24) is 9.80 Å². The first-order valence-electron chi connectivity index (χ1n) is 9.83. The molecule has 3 nitrogen and oxygen atoms in total. The Labute approximate surface area is 168 Å². The number of carbonyl (C=O) groups is 1. The quantitative estimate of drug-likeness (QED) is 0.622. The van der Waals surface area contributed by atoms with Crippen LogP contribution in [0, 0.1) is 11.8 Å². The van der Waals surface area contributed by atoms with E-state index in [0.717, 1.165) is 62.6 Å². The minimum Gasteiger partial charge on any atom is -0.340 e. The molecule has 1 heterocycles. The van der Waals surface area contributed by atoms with Crippen molar-refractivity contribution in [2.75, 3.05) is 32.7 Å². The molecule has 0 aromatic heterocycles. The van der Waals surface area contributed by atoms with Gasteiger partial charge in [-0.15, -0.1) is 0 Å². The van der Waals surface area contributed by atoms with Crippen molar-refractivity contribution in [2.45, 2.75) is 19.3 Å². The topological polar surface area (TPSA) is 23.6 Å². The van der Waals surface area contributed by atoms with Crippen LogP contribution in [0.5, 0.6) is 0 Å². The van der Waals surface area contributed by atoms with Crippen LogP contribution in [0.1, 0.15) is 18.4 Å². The summed E-state index contributed by atoms with van der Waals surface area (Å²) in [6.07, 6.45) is 8.77. The second-order valence-electron chi connectivity index (χ2n) is 7.45. The van der Waals surface area contributed by atoms with Gasteiger partial charge in [0.25, 0.3) is 0 Å². The molecule has 27 heavy (non-hydrogen) atoms. The second kappa shape index (κ2) is 9.38. The third-order valence-corrected chi connectivity index (χ3v) is 5.87. The SMILES string of the molecule is C=C/C=C(\C=C)[C@@H]1C[C@H]1C(=O)N1CCN(CCCc2ccc(Cl)cc2)CC1. The van der Waals surface area contributed by atoms with Gasteiger partial charge in [-0.3, -0.25) is 9.69 Å². The first kappa shape index (κ1) is 19.9. The van der Waals surface area contributed by atoms with E-state index in [1.54, 1.807) is 6.08 Å². The van der Waals surface area contributed by atoms with E-state index in [2.05, 4.69) is 35.1 Å². The molecule has 1 amide bonds. The molecule has 0 unspecified atom stereocenters. The number of amides is 1. The molecule has 1 aromatic rings. The zero-order valence-corrected chi connectivity index (χ0v) is 16.7. The lowest BCUT2D eigenvalue weighted by Gasteiger charge is -2.35.